The molecule has 9 heteroatoms. The van der Waals surface area contributed by atoms with E-state index in [2.05, 4.69) is 20.2 Å². The highest BCUT2D eigenvalue weighted by Crippen LogP contribution is 2.35. The van der Waals surface area contributed by atoms with Crippen molar-refractivity contribution in [3.05, 3.63) is 101 Å². The van der Waals surface area contributed by atoms with Gasteiger partial charge in [-0.1, -0.05) is 54.6 Å². The number of H-pyrrole nitrogens is 1. The van der Waals surface area contributed by atoms with E-state index in [0.29, 0.717) is 44.8 Å². The number of para-hydroxylation sites is 1. The summed E-state index contributed by atoms with van der Waals surface area (Å²) < 4.78 is 8.04. The van der Waals surface area contributed by atoms with Gasteiger partial charge in [0.05, 0.1) is 28.0 Å². The lowest BCUT2D eigenvalue weighted by Crippen LogP contribution is -2.12. The van der Waals surface area contributed by atoms with Gasteiger partial charge in [0.25, 0.3) is 0 Å². The SMILES string of the molecule is Nc1ncnc2c1c(-c1cccc3[nH]ncc13)nn2Cc1oc2ccccc2c(=O)c1-c1ccccc1. The molecule has 9 nitrogen and oxygen atoms in total. The number of nitrogens with zero attached hydrogens (tertiary/aromatic N) is 5. The van der Waals surface area contributed by atoms with Crippen LogP contribution in [0.1, 0.15) is 5.76 Å². The molecule has 0 aliphatic rings. The van der Waals surface area contributed by atoms with Crippen molar-refractivity contribution < 1.29 is 4.42 Å². The summed E-state index contributed by atoms with van der Waals surface area (Å²) in [6, 6.07) is 22.6. The van der Waals surface area contributed by atoms with E-state index in [1.165, 1.54) is 6.33 Å². The number of nitrogens with one attached hydrogen (secondary N) is 1. The van der Waals surface area contributed by atoms with Crippen LogP contribution in [-0.2, 0) is 6.54 Å². The van der Waals surface area contributed by atoms with Crippen LogP contribution in [0.2, 0.25) is 0 Å². The summed E-state index contributed by atoms with van der Waals surface area (Å²) in [7, 11) is 0. The number of aromatic nitrogens is 6. The Labute approximate surface area is 209 Å². The number of nitrogen functional groups attached to an aromatic ring is 1. The van der Waals surface area contributed by atoms with Gasteiger partial charge in [-0.05, 0) is 23.8 Å². The highest BCUT2D eigenvalue weighted by atomic mass is 16.3. The third kappa shape index (κ3) is 3.29. The molecule has 3 aromatic carbocycles. The minimum atomic E-state index is -0.1000. The van der Waals surface area contributed by atoms with E-state index in [1.807, 2.05) is 60.7 Å². The first-order valence-electron chi connectivity index (χ1n) is 11.7. The van der Waals surface area contributed by atoms with Crippen LogP contribution in [0.25, 0.3) is 55.3 Å². The van der Waals surface area contributed by atoms with Gasteiger partial charge < -0.3 is 10.2 Å². The van der Waals surface area contributed by atoms with E-state index >= 15 is 0 Å². The van der Waals surface area contributed by atoms with Gasteiger partial charge in [0, 0.05) is 10.9 Å². The molecule has 0 radical (unpaired) electrons. The summed E-state index contributed by atoms with van der Waals surface area (Å²) in [6.45, 7) is 0.165. The number of nitrogens with two attached hydrogens (primary N) is 1. The molecule has 7 rings (SSSR count). The van der Waals surface area contributed by atoms with Gasteiger partial charge in [-0.3, -0.25) is 9.89 Å². The second kappa shape index (κ2) is 8.13. The minimum Gasteiger partial charge on any atom is -0.458 e. The number of fused-ring (bicyclic) bond motifs is 3. The topological polar surface area (TPSA) is 129 Å². The van der Waals surface area contributed by atoms with Crippen LogP contribution >= 0.6 is 0 Å². The van der Waals surface area contributed by atoms with Crippen LogP contribution in [0.4, 0.5) is 5.82 Å². The fourth-order valence-corrected chi connectivity index (χ4v) is 4.84. The number of anilines is 1. The largest absolute Gasteiger partial charge is 0.458 e. The Balaban J connectivity index is 1.49. The normalized spacial score (nSPS) is 11.6. The zero-order valence-electron chi connectivity index (χ0n) is 19.4. The molecule has 0 aliphatic heterocycles. The molecule has 0 atom stereocenters. The van der Waals surface area contributed by atoms with Crippen molar-refractivity contribution in [1.82, 2.24) is 29.9 Å². The number of hydrogen-bond donors (Lipinski definition) is 2. The van der Waals surface area contributed by atoms with Gasteiger partial charge in [-0.25, -0.2) is 14.6 Å². The van der Waals surface area contributed by atoms with Crippen LogP contribution in [0.5, 0.6) is 0 Å². The van der Waals surface area contributed by atoms with Crippen molar-refractivity contribution in [2.75, 3.05) is 5.73 Å². The van der Waals surface area contributed by atoms with Crippen molar-refractivity contribution in [2.24, 2.45) is 0 Å². The first-order chi connectivity index (χ1) is 18.2. The van der Waals surface area contributed by atoms with E-state index in [1.54, 1.807) is 23.0 Å². The van der Waals surface area contributed by atoms with E-state index in [-0.39, 0.29) is 12.0 Å². The molecule has 0 amide bonds. The zero-order chi connectivity index (χ0) is 24.9. The van der Waals surface area contributed by atoms with Crippen molar-refractivity contribution in [3.63, 3.8) is 0 Å². The van der Waals surface area contributed by atoms with Crippen molar-refractivity contribution >= 4 is 38.7 Å². The van der Waals surface area contributed by atoms with Crippen LogP contribution in [0.3, 0.4) is 0 Å². The molecule has 0 aliphatic carbocycles. The fourth-order valence-electron chi connectivity index (χ4n) is 4.84. The Morgan fingerprint density at radius 3 is 2.65 bits per heavy atom. The summed E-state index contributed by atoms with van der Waals surface area (Å²) in [5.74, 6) is 0.791. The van der Waals surface area contributed by atoms with E-state index < -0.39 is 0 Å². The summed E-state index contributed by atoms with van der Waals surface area (Å²) in [5.41, 5.74) is 10.9. The smallest absolute Gasteiger partial charge is 0.200 e. The third-order valence-corrected chi connectivity index (χ3v) is 6.53. The Hall–Kier alpha value is -5.31. The summed E-state index contributed by atoms with van der Waals surface area (Å²) in [4.78, 5) is 22.4. The Morgan fingerprint density at radius 1 is 0.919 bits per heavy atom. The van der Waals surface area contributed by atoms with Crippen LogP contribution < -0.4 is 11.2 Å². The standard InChI is InChI=1S/C28H19N7O2/c29-27-24-25(17-10-6-11-20-19(17)13-32-33-20)34-35(28(24)31-15-30-27)14-22-23(16-7-2-1-3-8-16)26(36)18-9-4-5-12-21(18)37-22/h1-13,15H,14H2,(H,32,33)(H2,29,30,31). The Kier molecular flexibility index (Phi) is 4.62. The van der Waals surface area contributed by atoms with Crippen molar-refractivity contribution in [3.8, 4) is 22.4 Å². The second-order valence-corrected chi connectivity index (χ2v) is 8.69. The highest BCUT2D eigenvalue weighted by Gasteiger charge is 2.22. The number of aromatic amines is 1. The lowest BCUT2D eigenvalue weighted by Gasteiger charge is -2.11. The molecule has 3 N–H and O–H groups in total. The van der Waals surface area contributed by atoms with Gasteiger partial charge in [0.15, 0.2) is 5.65 Å². The molecule has 178 valence electrons. The average molecular weight is 486 g/mol. The third-order valence-electron chi connectivity index (χ3n) is 6.53. The Morgan fingerprint density at radius 2 is 1.76 bits per heavy atom. The summed E-state index contributed by atoms with van der Waals surface area (Å²) in [5, 5.41) is 14.1. The second-order valence-electron chi connectivity index (χ2n) is 8.69. The molecule has 0 saturated carbocycles. The maximum absolute atomic E-state index is 13.7. The van der Waals surface area contributed by atoms with E-state index in [9.17, 15) is 4.79 Å². The van der Waals surface area contributed by atoms with Crippen LogP contribution in [0, 0.1) is 0 Å². The average Bonchev–Trinajstić information content (AvgIpc) is 3.55. The van der Waals surface area contributed by atoms with Gasteiger partial charge in [0.2, 0.25) is 5.43 Å². The number of rotatable bonds is 4. The molecule has 37 heavy (non-hydrogen) atoms. The van der Waals surface area contributed by atoms with Gasteiger partial charge >= 0.3 is 0 Å². The first-order valence-corrected chi connectivity index (χ1v) is 11.7. The maximum atomic E-state index is 13.7. The van der Waals surface area contributed by atoms with Gasteiger partial charge in [-0.15, -0.1) is 0 Å². The van der Waals surface area contributed by atoms with Gasteiger partial charge in [-0.2, -0.15) is 10.2 Å². The quantitative estimate of drug-likeness (QED) is 0.367. The molecular formula is C28H19N7O2. The lowest BCUT2D eigenvalue weighted by atomic mass is 10.0. The fraction of sp³-hybridized carbons (Fsp3) is 0.0357. The molecule has 0 spiro atoms. The van der Waals surface area contributed by atoms with E-state index in [0.717, 1.165) is 22.0 Å². The molecule has 0 fully saturated rings. The minimum absolute atomic E-state index is 0.1000. The summed E-state index contributed by atoms with van der Waals surface area (Å²) >= 11 is 0. The van der Waals surface area contributed by atoms with Gasteiger partial charge in [0.1, 0.15) is 35.7 Å². The summed E-state index contributed by atoms with van der Waals surface area (Å²) in [6.07, 6.45) is 3.16. The molecule has 4 heterocycles. The van der Waals surface area contributed by atoms with E-state index in [4.69, 9.17) is 15.2 Å². The number of hydrogen-bond acceptors (Lipinski definition) is 7. The molecule has 4 aromatic heterocycles. The van der Waals surface area contributed by atoms with Crippen molar-refractivity contribution in [2.45, 2.75) is 6.54 Å². The first kappa shape index (κ1) is 21.0. The predicted molar refractivity (Wildman–Crippen MR) is 142 cm³/mol. The molecular weight excluding hydrogens is 466 g/mol. The number of benzene rings is 3. The molecule has 0 unspecified atom stereocenters. The molecule has 0 saturated heterocycles. The maximum Gasteiger partial charge on any atom is 0.200 e. The van der Waals surface area contributed by atoms with Crippen LogP contribution in [0.15, 0.2) is 94.5 Å². The monoisotopic (exact) mass is 485 g/mol. The van der Waals surface area contributed by atoms with Crippen LogP contribution in [-0.4, -0.2) is 29.9 Å². The highest BCUT2D eigenvalue weighted by molar-refractivity contribution is 6.05. The lowest BCUT2D eigenvalue weighted by molar-refractivity contribution is 0.506. The predicted octanol–water partition coefficient (Wildman–Crippen LogP) is 4.77. The molecule has 0 bridgehead atoms. The van der Waals surface area contributed by atoms with Crippen molar-refractivity contribution in [1.29, 1.82) is 0 Å². The molecule has 7 aromatic rings. The zero-order valence-corrected chi connectivity index (χ0v) is 19.4. The Bertz CT molecular complexity index is 2000.